The van der Waals surface area contributed by atoms with E-state index in [0.29, 0.717) is 34.0 Å². The highest BCUT2D eigenvalue weighted by Crippen LogP contribution is 2.31. The lowest BCUT2D eigenvalue weighted by Gasteiger charge is -2.12. The summed E-state index contributed by atoms with van der Waals surface area (Å²) in [6.07, 6.45) is 1.06. The van der Waals surface area contributed by atoms with Crippen LogP contribution < -0.4 is 10.6 Å². The lowest BCUT2D eigenvalue weighted by Crippen LogP contribution is -2.34. The summed E-state index contributed by atoms with van der Waals surface area (Å²) >= 11 is 11.8. The van der Waals surface area contributed by atoms with Crippen LogP contribution in [-0.4, -0.2) is 16.0 Å². The average Bonchev–Trinajstić information content (AvgIpc) is 3.28. The van der Waals surface area contributed by atoms with Crippen molar-refractivity contribution < 1.29 is 9.21 Å². The van der Waals surface area contributed by atoms with E-state index in [1.54, 1.807) is 24.3 Å². The number of hydrogen-bond donors (Lipinski definition) is 2. The predicted octanol–water partition coefficient (Wildman–Crippen LogP) is 7.91. The molecule has 0 saturated heterocycles. The van der Waals surface area contributed by atoms with Gasteiger partial charge in [-0.1, -0.05) is 57.5 Å². The number of fused-ring (bicyclic) bond motifs is 1. The van der Waals surface area contributed by atoms with E-state index in [2.05, 4.69) is 55.4 Å². The van der Waals surface area contributed by atoms with E-state index in [1.165, 1.54) is 11.1 Å². The van der Waals surface area contributed by atoms with Crippen molar-refractivity contribution in [2.45, 2.75) is 46.0 Å². The molecular weight excluding hydrogens is 478 g/mol. The minimum absolute atomic E-state index is 0.151. The number of carbonyl (C=O) groups is 1. The number of benzene rings is 3. The van der Waals surface area contributed by atoms with Gasteiger partial charge in [0.1, 0.15) is 5.52 Å². The summed E-state index contributed by atoms with van der Waals surface area (Å²) in [6, 6.07) is 19.0. The molecular formula is C28H28ClN3O2S. The van der Waals surface area contributed by atoms with Gasteiger partial charge in [0.2, 0.25) is 5.89 Å². The molecule has 3 aromatic carbocycles. The Hall–Kier alpha value is -3.22. The summed E-state index contributed by atoms with van der Waals surface area (Å²) < 4.78 is 5.99. The van der Waals surface area contributed by atoms with Gasteiger partial charge < -0.3 is 9.73 Å². The van der Waals surface area contributed by atoms with Crippen LogP contribution in [0.2, 0.25) is 5.02 Å². The Bertz CT molecular complexity index is 1380. The highest BCUT2D eigenvalue weighted by Gasteiger charge is 2.14. The molecule has 4 aromatic rings. The molecule has 0 aliphatic heterocycles. The summed E-state index contributed by atoms with van der Waals surface area (Å²) in [5.41, 5.74) is 5.76. The standard InChI is InChI=1S/C28H28ClN3O2S/c1-5-17(4)20-11-13-25-24(14-20)30-27(34-25)21-10-12-22(29)23(15-21)31-28(35)32-26(33)19-8-6-18(7-9-19)16(2)3/h6-17H,5H2,1-4H3,(H2,31,32,33,35). The fourth-order valence-electron chi connectivity index (χ4n) is 3.71. The number of anilines is 1. The second-order valence-corrected chi connectivity index (χ2v) is 9.75. The van der Waals surface area contributed by atoms with Crippen LogP contribution in [0.25, 0.3) is 22.6 Å². The normalized spacial score (nSPS) is 12.1. The number of hydrogen-bond acceptors (Lipinski definition) is 4. The van der Waals surface area contributed by atoms with E-state index >= 15 is 0 Å². The van der Waals surface area contributed by atoms with Crippen LogP contribution in [-0.2, 0) is 0 Å². The molecule has 0 spiro atoms. The van der Waals surface area contributed by atoms with Gasteiger partial charge in [-0.25, -0.2) is 4.98 Å². The van der Waals surface area contributed by atoms with E-state index in [9.17, 15) is 4.79 Å². The smallest absolute Gasteiger partial charge is 0.257 e. The van der Waals surface area contributed by atoms with E-state index in [-0.39, 0.29) is 11.0 Å². The first kappa shape index (κ1) is 24.9. The first-order chi connectivity index (χ1) is 16.7. The summed E-state index contributed by atoms with van der Waals surface area (Å²) in [5, 5.41) is 6.33. The van der Waals surface area contributed by atoms with Crippen molar-refractivity contribution in [2.24, 2.45) is 0 Å². The van der Waals surface area contributed by atoms with Crippen molar-refractivity contribution in [1.29, 1.82) is 0 Å². The largest absolute Gasteiger partial charge is 0.436 e. The monoisotopic (exact) mass is 505 g/mol. The van der Waals surface area contributed by atoms with Gasteiger partial charge in [-0.3, -0.25) is 10.1 Å². The van der Waals surface area contributed by atoms with E-state index < -0.39 is 0 Å². The Morgan fingerprint density at radius 1 is 1.03 bits per heavy atom. The molecule has 1 amide bonds. The highest BCUT2D eigenvalue weighted by molar-refractivity contribution is 7.80. The number of nitrogens with one attached hydrogen (secondary N) is 2. The van der Waals surface area contributed by atoms with Crippen molar-refractivity contribution in [1.82, 2.24) is 10.3 Å². The Kier molecular flexibility index (Phi) is 7.53. The molecule has 4 rings (SSSR count). The molecule has 1 heterocycles. The van der Waals surface area contributed by atoms with Gasteiger partial charge in [-0.2, -0.15) is 0 Å². The van der Waals surface area contributed by atoms with Gasteiger partial charge in [0.05, 0.1) is 10.7 Å². The number of carbonyl (C=O) groups excluding carboxylic acids is 1. The molecule has 1 aromatic heterocycles. The Morgan fingerprint density at radius 2 is 1.74 bits per heavy atom. The Labute approximate surface area is 215 Å². The Balaban J connectivity index is 1.50. The van der Waals surface area contributed by atoms with Crippen molar-refractivity contribution in [2.75, 3.05) is 5.32 Å². The van der Waals surface area contributed by atoms with E-state index in [1.807, 2.05) is 24.3 Å². The number of aromatic nitrogens is 1. The highest BCUT2D eigenvalue weighted by atomic mass is 35.5. The Morgan fingerprint density at radius 3 is 2.43 bits per heavy atom. The van der Waals surface area contributed by atoms with Crippen molar-refractivity contribution in [3.63, 3.8) is 0 Å². The second-order valence-electron chi connectivity index (χ2n) is 8.94. The molecule has 7 heteroatoms. The van der Waals surface area contributed by atoms with Gasteiger partial charge in [-0.15, -0.1) is 0 Å². The van der Waals surface area contributed by atoms with Crippen LogP contribution in [0.4, 0.5) is 5.69 Å². The van der Waals surface area contributed by atoms with Gasteiger partial charge in [0.15, 0.2) is 10.7 Å². The summed E-state index contributed by atoms with van der Waals surface area (Å²) in [7, 11) is 0. The van der Waals surface area contributed by atoms with Crippen LogP contribution in [0.5, 0.6) is 0 Å². The fraction of sp³-hybridized carbons (Fsp3) is 0.250. The van der Waals surface area contributed by atoms with Crippen LogP contribution in [0.1, 0.15) is 67.4 Å². The molecule has 0 fully saturated rings. The summed E-state index contributed by atoms with van der Waals surface area (Å²) in [5.74, 6) is 1.05. The average molecular weight is 506 g/mol. The first-order valence-corrected chi connectivity index (χ1v) is 12.5. The summed E-state index contributed by atoms with van der Waals surface area (Å²) in [4.78, 5) is 17.3. The minimum Gasteiger partial charge on any atom is -0.436 e. The van der Waals surface area contributed by atoms with Crippen LogP contribution >= 0.6 is 23.8 Å². The summed E-state index contributed by atoms with van der Waals surface area (Å²) in [6.45, 7) is 8.58. The van der Waals surface area contributed by atoms with Crippen LogP contribution in [0.3, 0.4) is 0 Å². The minimum atomic E-state index is -0.291. The number of rotatable bonds is 6. The maximum atomic E-state index is 12.6. The maximum absolute atomic E-state index is 12.6. The number of oxazole rings is 1. The second kappa shape index (κ2) is 10.6. The molecule has 0 aliphatic rings. The van der Waals surface area contributed by atoms with Crippen molar-refractivity contribution in [3.8, 4) is 11.5 Å². The molecule has 1 atom stereocenters. The quantitative estimate of drug-likeness (QED) is 0.260. The number of thiocarbonyl (C=S) groups is 1. The molecule has 180 valence electrons. The molecule has 0 radical (unpaired) electrons. The first-order valence-electron chi connectivity index (χ1n) is 11.7. The zero-order chi connectivity index (χ0) is 25.1. The van der Waals surface area contributed by atoms with Gasteiger partial charge in [-0.05, 0) is 84.1 Å². The van der Waals surface area contributed by atoms with Crippen molar-refractivity contribution in [3.05, 3.63) is 82.4 Å². The SMILES string of the molecule is CCC(C)c1ccc2oc(-c3ccc(Cl)c(NC(=S)NC(=O)c4ccc(C(C)C)cc4)c3)nc2c1. The van der Waals surface area contributed by atoms with Crippen LogP contribution in [0.15, 0.2) is 65.1 Å². The van der Waals surface area contributed by atoms with Gasteiger partial charge >= 0.3 is 0 Å². The molecule has 35 heavy (non-hydrogen) atoms. The van der Waals surface area contributed by atoms with Crippen LogP contribution in [0, 0.1) is 0 Å². The molecule has 2 N–H and O–H groups in total. The number of amides is 1. The predicted molar refractivity (Wildman–Crippen MR) is 147 cm³/mol. The molecule has 0 aliphatic carbocycles. The molecule has 0 saturated carbocycles. The third-order valence-electron chi connectivity index (χ3n) is 6.12. The third kappa shape index (κ3) is 5.72. The number of halogens is 1. The maximum Gasteiger partial charge on any atom is 0.257 e. The molecule has 0 bridgehead atoms. The van der Waals surface area contributed by atoms with E-state index in [0.717, 1.165) is 23.1 Å². The fourth-order valence-corrected chi connectivity index (χ4v) is 4.08. The zero-order valence-electron chi connectivity index (χ0n) is 20.2. The van der Waals surface area contributed by atoms with Gasteiger partial charge in [0.25, 0.3) is 5.91 Å². The lowest BCUT2D eigenvalue weighted by molar-refractivity contribution is 0.0977. The number of nitrogens with zero attached hydrogens (tertiary/aromatic N) is 1. The lowest BCUT2D eigenvalue weighted by atomic mass is 9.98. The van der Waals surface area contributed by atoms with E-state index in [4.69, 9.17) is 28.2 Å². The van der Waals surface area contributed by atoms with Crippen molar-refractivity contribution >= 4 is 51.6 Å². The molecule has 1 unspecified atom stereocenters. The zero-order valence-corrected chi connectivity index (χ0v) is 21.8. The third-order valence-corrected chi connectivity index (χ3v) is 6.65. The molecule has 5 nitrogen and oxygen atoms in total. The topological polar surface area (TPSA) is 67.2 Å². The van der Waals surface area contributed by atoms with Gasteiger partial charge in [0, 0.05) is 11.1 Å².